The van der Waals surface area contributed by atoms with Gasteiger partial charge in [-0.1, -0.05) is 30.3 Å². The molecular weight excluding hydrogens is 369 g/mol. The third-order valence-corrected chi connectivity index (χ3v) is 4.52. The number of benzene rings is 1. The van der Waals surface area contributed by atoms with Crippen LogP contribution in [0.1, 0.15) is 48.3 Å². The number of rotatable bonds is 4. The van der Waals surface area contributed by atoms with Crippen LogP contribution in [0.2, 0.25) is 0 Å². The molecular formula is C19H24IN. The quantitative estimate of drug-likeness (QED) is 0.538. The number of nitrogens with zero attached hydrogens (tertiary/aromatic N) is 1. The van der Waals surface area contributed by atoms with Crippen LogP contribution in [0.4, 0.5) is 0 Å². The van der Waals surface area contributed by atoms with Crippen molar-refractivity contribution in [2.24, 2.45) is 7.05 Å². The Balaban J connectivity index is 0.00000161. The molecule has 3 rings (SSSR count). The Hall–Kier alpha value is -0.900. The molecule has 1 unspecified atom stereocenters. The molecule has 0 saturated carbocycles. The number of pyridine rings is 1. The lowest BCUT2D eigenvalue weighted by molar-refractivity contribution is -0.672. The molecule has 112 valence electrons. The van der Waals surface area contributed by atoms with E-state index in [1.165, 1.54) is 44.1 Å². The number of hydrogen-bond donors (Lipinski definition) is 0. The Morgan fingerprint density at radius 2 is 1.95 bits per heavy atom. The van der Waals surface area contributed by atoms with Gasteiger partial charge in [-0.15, -0.1) is 0 Å². The van der Waals surface area contributed by atoms with Crippen LogP contribution in [0.3, 0.4) is 0 Å². The van der Waals surface area contributed by atoms with E-state index >= 15 is 0 Å². The summed E-state index contributed by atoms with van der Waals surface area (Å²) in [5.41, 5.74) is 4.66. The third kappa shape index (κ3) is 4.29. The van der Waals surface area contributed by atoms with Gasteiger partial charge in [0.1, 0.15) is 7.05 Å². The first kappa shape index (κ1) is 16.5. The van der Waals surface area contributed by atoms with E-state index in [1.807, 2.05) is 0 Å². The summed E-state index contributed by atoms with van der Waals surface area (Å²) in [4.78, 5) is 0. The summed E-state index contributed by atoms with van der Waals surface area (Å²) in [7, 11) is 2.12. The van der Waals surface area contributed by atoms with Crippen molar-refractivity contribution in [2.45, 2.75) is 44.4 Å². The maximum absolute atomic E-state index is 2.35. The molecule has 1 heterocycles. The zero-order valence-electron chi connectivity index (χ0n) is 12.8. The van der Waals surface area contributed by atoms with Crippen molar-refractivity contribution in [1.29, 1.82) is 0 Å². The van der Waals surface area contributed by atoms with Gasteiger partial charge in [0, 0.05) is 11.6 Å². The fourth-order valence-corrected chi connectivity index (χ4v) is 3.47. The van der Waals surface area contributed by atoms with E-state index in [-0.39, 0.29) is 24.0 Å². The van der Waals surface area contributed by atoms with Gasteiger partial charge in [0.2, 0.25) is 0 Å². The van der Waals surface area contributed by atoms with Gasteiger partial charge in [-0.3, -0.25) is 0 Å². The Labute approximate surface area is 145 Å². The molecule has 0 spiro atoms. The predicted molar refractivity (Wildman–Crippen MR) is 82.7 cm³/mol. The Kier molecular flexibility index (Phi) is 6.22. The number of aryl methyl sites for hydroxylation is 3. The van der Waals surface area contributed by atoms with E-state index in [4.69, 9.17) is 0 Å². The summed E-state index contributed by atoms with van der Waals surface area (Å²) in [6.45, 7) is 0. The second-order valence-electron chi connectivity index (χ2n) is 6.06. The summed E-state index contributed by atoms with van der Waals surface area (Å²) in [6, 6.07) is 13.2. The van der Waals surface area contributed by atoms with E-state index < -0.39 is 0 Å². The molecule has 1 atom stereocenters. The van der Waals surface area contributed by atoms with E-state index in [0.29, 0.717) is 0 Å². The molecule has 0 fully saturated rings. The topological polar surface area (TPSA) is 3.88 Å². The van der Waals surface area contributed by atoms with Crippen molar-refractivity contribution in [3.8, 4) is 0 Å². The molecule has 1 aromatic carbocycles. The molecule has 1 aliphatic rings. The highest BCUT2D eigenvalue weighted by Crippen LogP contribution is 2.34. The zero-order chi connectivity index (χ0) is 13.8. The molecule has 1 nitrogen and oxygen atoms in total. The molecule has 0 N–H and O–H groups in total. The number of fused-ring (bicyclic) bond motifs is 1. The van der Waals surface area contributed by atoms with Crippen molar-refractivity contribution < 1.29 is 28.5 Å². The van der Waals surface area contributed by atoms with Crippen molar-refractivity contribution in [1.82, 2.24) is 0 Å². The van der Waals surface area contributed by atoms with E-state index in [0.717, 1.165) is 5.92 Å². The van der Waals surface area contributed by atoms with Crippen molar-refractivity contribution in [2.75, 3.05) is 0 Å². The summed E-state index contributed by atoms with van der Waals surface area (Å²) in [5, 5.41) is 0. The molecule has 1 aliphatic carbocycles. The average molecular weight is 393 g/mol. The fourth-order valence-electron chi connectivity index (χ4n) is 3.47. The molecule has 0 bridgehead atoms. The van der Waals surface area contributed by atoms with Gasteiger partial charge < -0.3 is 24.0 Å². The molecule has 0 radical (unpaired) electrons. The normalized spacial score (nSPS) is 16.9. The SMILES string of the molecule is C[n+]1ccc2c(c1)CCCC2CCCc1ccccc1.[I-]. The van der Waals surface area contributed by atoms with Crippen molar-refractivity contribution >= 4 is 0 Å². The van der Waals surface area contributed by atoms with Gasteiger partial charge in [-0.2, -0.15) is 0 Å². The first-order valence-electron chi connectivity index (χ1n) is 7.85. The van der Waals surface area contributed by atoms with E-state index in [2.05, 4.69) is 60.4 Å². The highest BCUT2D eigenvalue weighted by molar-refractivity contribution is 5.28. The summed E-state index contributed by atoms with van der Waals surface area (Å²) >= 11 is 0. The van der Waals surface area contributed by atoms with Gasteiger partial charge in [0.05, 0.1) is 0 Å². The fraction of sp³-hybridized carbons (Fsp3) is 0.421. The number of aromatic nitrogens is 1. The monoisotopic (exact) mass is 393 g/mol. The molecule has 0 aliphatic heterocycles. The average Bonchev–Trinajstić information content (AvgIpc) is 2.48. The molecule has 0 saturated heterocycles. The highest BCUT2D eigenvalue weighted by atomic mass is 127. The van der Waals surface area contributed by atoms with Crippen LogP contribution in [-0.4, -0.2) is 0 Å². The molecule has 21 heavy (non-hydrogen) atoms. The largest absolute Gasteiger partial charge is 1.00 e. The van der Waals surface area contributed by atoms with Crippen LogP contribution < -0.4 is 28.5 Å². The van der Waals surface area contributed by atoms with Gasteiger partial charge in [-0.05, 0) is 55.6 Å². The van der Waals surface area contributed by atoms with Crippen molar-refractivity contribution in [3.05, 3.63) is 65.5 Å². The minimum absolute atomic E-state index is 0. The van der Waals surface area contributed by atoms with Gasteiger partial charge in [0.25, 0.3) is 0 Å². The Bertz CT molecular complexity index is 565. The van der Waals surface area contributed by atoms with Crippen molar-refractivity contribution in [3.63, 3.8) is 0 Å². The Morgan fingerprint density at radius 1 is 1.14 bits per heavy atom. The highest BCUT2D eigenvalue weighted by Gasteiger charge is 2.21. The molecule has 2 heteroatoms. The Morgan fingerprint density at radius 3 is 2.76 bits per heavy atom. The van der Waals surface area contributed by atoms with Crippen LogP contribution in [0.25, 0.3) is 0 Å². The van der Waals surface area contributed by atoms with Crippen LogP contribution in [0, 0.1) is 0 Å². The maximum atomic E-state index is 2.35. The predicted octanol–water partition coefficient (Wildman–Crippen LogP) is 0.958. The van der Waals surface area contributed by atoms with Crippen LogP contribution >= 0.6 is 0 Å². The minimum Gasteiger partial charge on any atom is -1.00 e. The van der Waals surface area contributed by atoms with Crippen LogP contribution in [-0.2, 0) is 19.9 Å². The second-order valence-corrected chi connectivity index (χ2v) is 6.06. The lowest BCUT2D eigenvalue weighted by Crippen LogP contribution is -3.00. The smallest absolute Gasteiger partial charge is 0.171 e. The standard InChI is InChI=1S/C19H24N.HI/c1-20-14-13-19-17(11-6-12-18(19)15-20)10-5-9-16-7-3-2-4-8-16;/h2-4,7-8,13-15,17H,5-6,9-12H2,1H3;1H/q+1;/p-1. The second kappa shape index (κ2) is 7.92. The number of hydrogen-bond acceptors (Lipinski definition) is 0. The van der Waals surface area contributed by atoms with Gasteiger partial charge in [0.15, 0.2) is 12.4 Å². The lowest BCUT2D eigenvalue weighted by Gasteiger charge is -2.24. The summed E-state index contributed by atoms with van der Waals surface area (Å²) in [5.74, 6) is 0.781. The lowest BCUT2D eigenvalue weighted by atomic mass is 9.81. The first-order valence-corrected chi connectivity index (χ1v) is 7.85. The summed E-state index contributed by atoms with van der Waals surface area (Å²) < 4.78 is 2.19. The van der Waals surface area contributed by atoms with Gasteiger partial charge in [-0.25, -0.2) is 4.57 Å². The molecule has 2 aromatic rings. The van der Waals surface area contributed by atoms with Crippen LogP contribution in [0.15, 0.2) is 48.8 Å². The third-order valence-electron chi connectivity index (χ3n) is 4.52. The molecule has 1 aromatic heterocycles. The van der Waals surface area contributed by atoms with Crippen LogP contribution in [0.5, 0.6) is 0 Å². The van der Waals surface area contributed by atoms with Gasteiger partial charge >= 0.3 is 0 Å². The van der Waals surface area contributed by atoms with E-state index in [9.17, 15) is 0 Å². The zero-order valence-corrected chi connectivity index (χ0v) is 14.9. The summed E-state index contributed by atoms with van der Waals surface area (Å²) in [6.07, 6.45) is 12.4. The minimum atomic E-state index is 0. The number of halogens is 1. The maximum Gasteiger partial charge on any atom is 0.171 e. The molecule has 0 amide bonds. The first-order chi connectivity index (χ1) is 9.83. The van der Waals surface area contributed by atoms with E-state index in [1.54, 1.807) is 11.1 Å².